The van der Waals surface area contributed by atoms with Gasteiger partial charge in [-0.3, -0.25) is 0 Å². The van der Waals surface area contributed by atoms with Crippen molar-refractivity contribution in [2.75, 3.05) is 26.2 Å². The van der Waals surface area contributed by atoms with Gasteiger partial charge in [0.05, 0.1) is 6.54 Å². The Labute approximate surface area is 120 Å². The van der Waals surface area contributed by atoms with Gasteiger partial charge in [0.15, 0.2) is 0 Å². The molecule has 1 saturated heterocycles. The number of nitrogens with one attached hydrogen (secondary N) is 1. The molecule has 0 spiro atoms. The van der Waals surface area contributed by atoms with Crippen LogP contribution in [-0.4, -0.2) is 43.3 Å². The summed E-state index contributed by atoms with van der Waals surface area (Å²) < 4.78 is 37.1. The first-order chi connectivity index (χ1) is 9.33. The van der Waals surface area contributed by atoms with Gasteiger partial charge in [0.1, 0.15) is 0 Å². The molecule has 1 aliphatic heterocycles. The fraction of sp³-hybridized carbons (Fsp3) is 1.00. The maximum Gasteiger partial charge on any atom is 0.401 e. The smallest absolute Gasteiger partial charge is 0.305 e. The van der Waals surface area contributed by atoms with Crippen molar-refractivity contribution in [3.63, 3.8) is 0 Å². The van der Waals surface area contributed by atoms with Gasteiger partial charge in [-0.25, -0.2) is 0 Å². The van der Waals surface area contributed by atoms with Crippen LogP contribution in [0.3, 0.4) is 0 Å². The minimum atomic E-state index is -4.11. The molecule has 20 heavy (non-hydrogen) atoms. The second-order valence-electron chi connectivity index (χ2n) is 6.95. The first-order valence-corrected chi connectivity index (χ1v) is 7.86. The summed E-state index contributed by atoms with van der Waals surface area (Å²) in [5.41, 5.74) is 0. The van der Waals surface area contributed by atoms with Gasteiger partial charge in [0.2, 0.25) is 0 Å². The van der Waals surface area contributed by atoms with Crippen LogP contribution < -0.4 is 5.32 Å². The molecule has 2 rings (SSSR count). The molecule has 1 heterocycles. The van der Waals surface area contributed by atoms with E-state index in [4.69, 9.17) is 0 Å². The van der Waals surface area contributed by atoms with E-state index in [0.29, 0.717) is 11.8 Å². The summed E-state index contributed by atoms with van der Waals surface area (Å²) in [6.45, 7) is 6.40. The molecule has 2 fully saturated rings. The largest absolute Gasteiger partial charge is 0.401 e. The normalized spacial score (nSPS) is 29.7. The zero-order valence-corrected chi connectivity index (χ0v) is 12.5. The molecule has 2 aliphatic rings. The minimum absolute atomic E-state index is 0.0159. The molecule has 0 aromatic heterocycles. The van der Waals surface area contributed by atoms with E-state index >= 15 is 0 Å². The van der Waals surface area contributed by atoms with E-state index in [9.17, 15) is 13.2 Å². The molecule has 0 radical (unpaired) electrons. The van der Waals surface area contributed by atoms with Gasteiger partial charge in [0.25, 0.3) is 0 Å². The van der Waals surface area contributed by atoms with E-state index < -0.39 is 12.7 Å². The standard InChI is InChI=1S/C15H27F3N2/c1-11(2)13-6-14(19-10-15(16,17)18)9-20(8-13)7-12-4-3-5-12/h11-14,19H,3-10H2,1-2H3. The van der Waals surface area contributed by atoms with Crippen molar-refractivity contribution in [3.8, 4) is 0 Å². The van der Waals surface area contributed by atoms with Gasteiger partial charge in [-0.2, -0.15) is 13.2 Å². The molecule has 2 atom stereocenters. The number of likely N-dealkylation sites (tertiary alicyclic amines) is 1. The van der Waals surface area contributed by atoms with Crippen molar-refractivity contribution in [1.29, 1.82) is 0 Å². The molecule has 118 valence electrons. The monoisotopic (exact) mass is 292 g/mol. The Morgan fingerprint density at radius 3 is 2.40 bits per heavy atom. The Hall–Kier alpha value is -0.290. The molecule has 1 N–H and O–H groups in total. The molecule has 5 heteroatoms. The van der Waals surface area contributed by atoms with E-state index in [1.165, 1.54) is 19.3 Å². The SMILES string of the molecule is CC(C)C1CC(NCC(F)(F)F)CN(CC2CCC2)C1. The third kappa shape index (κ3) is 4.92. The minimum Gasteiger partial charge on any atom is -0.305 e. The van der Waals surface area contributed by atoms with E-state index in [1.54, 1.807) is 0 Å². The summed E-state index contributed by atoms with van der Waals surface area (Å²) in [6, 6.07) is -0.0159. The Morgan fingerprint density at radius 2 is 1.90 bits per heavy atom. The van der Waals surface area contributed by atoms with Crippen molar-refractivity contribution in [1.82, 2.24) is 10.2 Å². The highest BCUT2D eigenvalue weighted by Crippen LogP contribution is 2.30. The highest BCUT2D eigenvalue weighted by Gasteiger charge is 2.34. The third-order valence-corrected chi connectivity index (χ3v) is 4.83. The maximum absolute atomic E-state index is 12.4. The summed E-state index contributed by atoms with van der Waals surface area (Å²) in [4.78, 5) is 2.39. The van der Waals surface area contributed by atoms with E-state index in [-0.39, 0.29) is 6.04 Å². The van der Waals surface area contributed by atoms with Crippen LogP contribution in [0.1, 0.15) is 39.5 Å². The summed E-state index contributed by atoms with van der Waals surface area (Å²) in [5.74, 6) is 1.83. The second kappa shape index (κ2) is 6.65. The quantitative estimate of drug-likeness (QED) is 0.836. The van der Waals surface area contributed by atoms with Crippen LogP contribution in [0.15, 0.2) is 0 Å². The lowest BCUT2D eigenvalue weighted by Crippen LogP contribution is -2.53. The van der Waals surface area contributed by atoms with E-state index in [0.717, 1.165) is 32.0 Å². The number of hydrogen-bond acceptors (Lipinski definition) is 2. The van der Waals surface area contributed by atoms with Crippen LogP contribution in [0.2, 0.25) is 0 Å². The van der Waals surface area contributed by atoms with Gasteiger partial charge in [-0.05, 0) is 37.0 Å². The van der Waals surface area contributed by atoms with Gasteiger partial charge >= 0.3 is 6.18 Å². The molecule has 2 nitrogen and oxygen atoms in total. The molecule has 0 bridgehead atoms. The molecular formula is C15H27F3N2. The zero-order chi connectivity index (χ0) is 14.8. The van der Waals surface area contributed by atoms with Crippen molar-refractivity contribution in [2.45, 2.75) is 51.7 Å². The molecular weight excluding hydrogens is 265 g/mol. The molecule has 1 saturated carbocycles. The summed E-state index contributed by atoms with van der Waals surface area (Å²) in [7, 11) is 0. The van der Waals surface area contributed by atoms with Crippen LogP contribution in [0, 0.1) is 17.8 Å². The summed E-state index contributed by atoms with van der Waals surface area (Å²) in [5, 5.41) is 2.72. The average Bonchev–Trinajstić information content (AvgIpc) is 2.30. The van der Waals surface area contributed by atoms with Crippen molar-refractivity contribution in [2.24, 2.45) is 17.8 Å². The fourth-order valence-electron chi connectivity index (χ4n) is 3.31. The number of nitrogens with zero attached hydrogens (tertiary/aromatic N) is 1. The predicted octanol–water partition coefficient (Wildman–Crippen LogP) is 3.28. The highest BCUT2D eigenvalue weighted by atomic mass is 19.4. The molecule has 1 aliphatic carbocycles. The van der Waals surface area contributed by atoms with E-state index in [1.807, 2.05) is 0 Å². The lowest BCUT2D eigenvalue weighted by Gasteiger charge is -2.42. The lowest BCUT2D eigenvalue weighted by atomic mass is 9.82. The van der Waals surface area contributed by atoms with Crippen LogP contribution in [0.4, 0.5) is 13.2 Å². The zero-order valence-electron chi connectivity index (χ0n) is 12.5. The number of piperidine rings is 1. The maximum atomic E-state index is 12.4. The number of alkyl halides is 3. The first-order valence-electron chi connectivity index (χ1n) is 7.86. The van der Waals surface area contributed by atoms with Crippen LogP contribution in [0.25, 0.3) is 0 Å². The van der Waals surface area contributed by atoms with Crippen LogP contribution >= 0.6 is 0 Å². The van der Waals surface area contributed by atoms with Crippen molar-refractivity contribution >= 4 is 0 Å². The number of hydrogen-bond donors (Lipinski definition) is 1. The molecule has 2 unspecified atom stereocenters. The third-order valence-electron chi connectivity index (χ3n) is 4.83. The number of halogens is 3. The summed E-state index contributed by atoms with van der Waals surface area (Å²) in [6.07, 6.45) is 0.674. The molecule has 0 aromatic carbocycles. The molecule has 0 amide bonds. The first kappa shape index (κ1) is 16.1. The van der Waals surface area contributed by atoms with Crippen molar-refractivity contribution in [3.05, 3.63) is 0 Å². The van der Waals surface area contributed by atoms with Crippen LogP contribution in [-0.2, 0) is 0 Å². The van der Waals surface area contributed by atoms with Crippen LogP contribution in [0.5, 0.6) is 0 Å². The van der Waals surface area contributed by atoms with Gasteiger partial charge in [-0.15, -0.1) is 0 Å². The second-order valence-corrected chi connectivity index (χ2v) is 6.95. The summed E-state index contributed by atoms with van der Waals surface area (Å²) >= 11 is 0. The Morgan fingerprint density at radius 1 is 1.20 bits per heavy atom. The lowest BCUT2D eigenvalue weighted by molar-refractivity contribution is -0.127. The highest BCUT2D eigenvalue weighted by molar-refractivity contribution is 4.87. The van der Waals surface area contributed by atoms with Gasteiger partial charge in [-0.1, -0.05) is 20.3 Å². The number of rotatable bonds is 5. The molecule has 0 aromatic rings. The fourth-order valence-corrected chi connectivity index (χ4v) is 3.31. The Bertz CT molecular complexity index is 300. The Kier molecular flexibility index (Phi) is 5.35. The topological polar surface area (TPSA) is 15.3 Å². The predicted molar refractivity (Wildman–Crippen MR) is 74.6 cm³/mol. The van der Waals surface area contributed by atoms with Gasteiger partial charge in [0, 0.05) is 25.7 Å². The van der Waals surface area contributed by atoms with E-state index in [2.05, 4.69) is 24.1 Å². The van der Waals surface area contributed by atoms with Gasteiger partial charge < -0.3 is 10.2 Å². The van der Waals surface area contributed by atoms with Crippen molar-refractivity contribution < 1.29 is 13.2 Å². The average molecular weight is 292 g/mol. The Balaban J connectivity index is 1.86.